The first-order valence-electron chi connectivity index (χ1n) is 11.4. The highest BCUT2D eigenvalue weighted by Gasteiger charge is 2.28. The number of carbonyl (C=O) groups is 2. The molecule has 0 aromatic heterocycles. The highest BCUT2D eigenvalue weighted by molar-refractivity contribution is 7.89. The average molecular weight is 558 g/mol. The molecule has 3 rings (SSSR count). The van der Waals surface area contributed by atoms with Crippen LogP contribution in [0, 0.1) is 5.92 Å². The van der Waals surface area contributed by atoms with E-state index in [9.17, 15) is 18.0 Å². The van der Waals surface area contributed by atoms with Crippen molar-refractivity contribution < 1.29 is 22.7 Å². The van der Waals surface area contributed by atoms with Crippen molar-refractivity contribution in [2.45, 2.75) is 30.2 Å². The van der Waals surface area contributed by atoms with E-state index in [0.29, 0.717) is 23.1 Å². The molecule has 36 heavy (non-hydrogen) atoms. The van der Waals surface area contributed by atoms with Gasteiger partial charge in [-0.3, -0.25) is 9.59 Å². The molecule has 2 unspecified atom stereocenters. The largest absolute Gasteiger partial charge is 0.380 e. The zero-order valence-corrected chi connectivity index (χ0v) is 22.2. The van der Waals surface area contributed by atoms with Gasteiger partial charge in [0.25, 0.3) is 0 Å². The maximum atomic E-state index is 12.9. The fraction of sp³-hybridized carbons (Fsp3) is 0.417. The lowest BCUT2D eigenvalue weighted by Gasteiger charge is -2.33. The molecule has 9 nitrogen and oxygen atoms in total. The summed E-state index contributed by atoms with van der Waals surface area (Å²) in [6.07, 6.45) is 0.0692. The molecule has 0 fully saturated rings. The molecular formula is C24H30Cl2N4O5S. The van der Waals surface area contributed by atoms with Gasteiger partial charge >= 0.3 is 0 Å². The molecule has 2 atom stereocenters. The number of halogens is 2. The number of sulfonamides is 1. The number of rotatable bonds is 12. The van der Waals surface area contributed by atoms with Gasteiger partial charge in [-0.1, -0.05) is 35.3 Å². The molecule has 0 saturated carbocycles. The fourth-order valence-electron chi connectivity index (χ4n) is 4.28. The number of hydrogen-bond acceptors (Lipinski definition) is 6. The minimum absolute atomic E-state index is 0.0316. The van der Waals surface area contributed by atoms with E-state index in [4.69, 9.17) is 39.4 Å². The van der Waals surface area contributed by atoms with Gasteiger partial charge < -0.3 is 21.1 Å². The molecule has 2 aromatic rings. The van der Waals surface area contributed by atoms with Gasteiger partial charge in [0.05, 0.1) is 11.5 Å². The molecule has 2 amide bonds. The Hall–Kier alpha value is -2.21. The van der Waals surface area contributed by atoms with Crippen LogP contribution in [0.25, 0.3) is 0 Å². The van der Waals surface area contributed by atoms with Crippen molar-refractivity contribution in [2.75, 3.05) is 33.4 Å². The molecule has 0 spiro atoms. The molecule has 12 heteroatoms. The molecule has 1 aliphatic rings. The minimum atomic E-state index is -3.79. The predicted molar refractivity (Wildman–Crippen MR) is 138 cm³/mol. The van der Waals surface area contributed by atoms with Crippen LogP contribution >= 0.6 is 23.2 Å². The van der Waals surface area contributed by atoms with Crippen molar-refractivity contribution >= 4 is 45.0 Å². The van der Waals surface area contributed by atoms with E-state index in [0.717, 1.165) is 16.7 Å². The third kappa shape index (κ3) is 7.41. The number of likely N-dealkylation sites (N-methyl/N-ethyl adjacent to an activating group) is 1. The second kappa shape index (κ2) is 12.4. The second-order valence-electron chi connectivity index (χ2n) is 8.85. The molecule has 0 aliphatic carbocycles. The average Bonchev–Trinajstić information content (AvgIpc) is 2.80. The van der Waals surface area contributed by atoms with Crippen LogP contribution in [0.5, 0.6) is 0 Å². The highest BCUT2D eigenvalue weighted by atomic mass is 35.5. The summed E-state index contributed by atoms with van der Waals surface area (Å²) in [4.78, 5) is 24.6. The van der Waals surface area contributed by atoms with E-state index in [1.54, 1.807) is 18.2 Å². The molecular weight excluding hydrogens is 527 g/mol. The lowest BCUT2D eigenvalue weighted by molar-refractivity contribution is -0.127. The van der Waals surface area contributed by atoms with Crippen molar-refractivity contribution in [2.24, 2.45) is 17.4 Å². The summed E-state index contributed by atoms with van der Waals surface area (Å²) in [7, 11) is -1.80. The maximum absolute atomic E-state index is 12.9. The van der Waals surface area contributed by atoms with Gasteiger partial charge in [-0.05, 0) is 54.4 Å². The van der Waals surface area contributed by atoms with Gasteiger partial charge in [0, 0.05) is 54.5 Å². The Morgan fingerprint density at radius 2 is 1.94 bits per heavy atom. The summed E-state index contributed by atoms with van der Waals surface area (Å²) >= 11 is 12.7. The molecule has 5 N–H and O–H groups in total. The molecule has 0 radical (unpaired) electrons. The number of hydrogen-bond donors (Lipinski definition) is 3. The van der Waals surface area contributed by atoms with Crippen LogP contribution in [-0.2, 0) is 30.9 Å². The number of primary amides is 2. The van der Waals surface area contributed by atoms with Gasteiger partial charge in [-0.2, -0.15) is 0 Å². The minimum Gasteiger partial charge on any atom is -0.380 e. The second-order valence-corrected chi connectivity index (χ2v) is 11.5. The van der Waals surface area contributed by atoms with Crippen LogP contribution < -0.4 is 16.2 Å². The maximum Gasteiger partial charge on any atom is 0.240 e. The quantitative estimate of drug-likeness (QED) is 0.342. The van der Waals surface area contributed by atoms with Crippen LogP contribution in [0.15, 0.2) is 41.3 Å². The van der Waals surface area contributed by atoms with Crippen LogP contribution in [0.1, 0.15) is 35.4 Å². The molecule has 0 saturated heterocycles. The molecule has 2 aromatic carbocycles. The van der Waals surface area contributed by atoms with E-state index >= 15 is 0 Å². The Balaban J connectivity index is 1.63. The summed E-state index contributed by atoms with van der Waals surface area (Å²) in [6.45, 7) is 1.63. The van der Waals surface area contributed by atoms with Gasteiger partial charge in [-0.25, -0.2) is 13.1 Å². The number of ether oxygens (including phenoxy) is 1. The fourth-order valence-corrected chi connectivity index (χ4v) is 5.91. The van der Waals surface area contributed by atoms with E-state index in [-0.39, 0.29) is 43.4 Å². The Labute approximate surface area is 221 Å². The van der Waals surface area contributed by atoms with E-state index < -0.39 is 27.8 Å². The van der Waals surface area contributed by atoms with Crippen molar-refractivity contribution in [1.29, 1.82) is 0 Å². The highest BCUT2D eigenvalue weighted by Crippen LogP contribution is 2.38. The lowest BCUT2D eigenvalue weighted by atomic mass is 9.85. The van der Waals surface area contributed by atoms with E-state index in [1.807, 2.05) is 19.2 Å². The summed E-state index contributed by atoms with van der Waals surface area (Å²) in [5.74, 6) is -2.06. The Morgan fingerprint density at radius 1 is 1.19 bits per heavy atom. The Bertz CT molecular complexity index is 1220. The van der Waals surface area contributed by atoms with Crippen LogP contribution in [0.3, 0.4) is 0 Å². The lowest BCUT2D eigenvalue weighted by Crippen LogP contribution is -2.32. The molecule has 196 valence electrons. The standard InChI is InChI=1S/C24H30Cl2N4O5S/c1-30-13-20(19-11-17(25)12-22(26)21(19)14-30)15-3-2-4-18(9-15)36(33,34)29-6-8-35-7-5-16(24(28)32)10-23(27)31/h2-4,9,11-12,16,20,29H,5-8,10,13-14H2,1H3,(H2,27,31)(H2,28,32). The van der Waals surface area contributed by atoms with Crippen molar-refractivity contribution in [1.82, 2.24) is 9.62 Å². The zero-order valence-electron chi connectivity index (χ0n) is 19.9. The molecule has 1 aliphatic heterocycles. The first-order chi connectivity index (χ1) is 17.0. The van der Waals surface area contributed by atoms with Gasteiger partial charge in [-0.15, -0.1) is 0 Å². The summed E-state index contributed by atoms with van der Waals surface area (Å²) in [6, 6.07) is 10.4. The normalized spacial score (nSPS) is 16.9. The van der Waals surface area contributed by atoms with Crippen molar-refractivity contribution in [3.05, 3.63) is 63.1 Å². The summed E-state index contributed by atoms with van der Waals surface area (Å²) in [5.41, 5.74) is 13.2. The van der Waals surface area contributed by atoms with Gasteiger partial charge in [0.15, 0.2) is 0 Å². The smallest absolute Gasteiger partial charge is 0.240 e. The third-order valence-electron chi connectivity index (χ3n) is 6.06. The Kier molecular flexibility index (Phi) is 9.73. The van der Waals surface area contributed by atoms with Gasteiger partial charge in [0.1, 0.15) is 0 Å². The summed E-state index contributed by atoms with van der Waals surface area (Å²) in [5, 5.41) is 1.13. The van der Waals surface area contributed by atoms with Crippen LogP contribution in [0.4, 0.5) is 0 Å². The molecule has 0 bridgehead atoms. The first kappa shape index (κ1) is 28.4. The number of nitrogens with one attached hydrogen (secondary N) is 1. The number of amides is 2. The van der Waals surface area contributed by atoms with Crippen molar-refractivity contribution in [3.63, 3.8) is 0 Å². The number of benzene rings is 2. The number of nitrogens with zero attached hydrogens (tertiary/aromatic N) is 1. The SMILES string of the molecule is CN1Cc2c(Cl)cc(Cl)cc2C(c2cccc(S(=O)(=O)NCCOCCC(CC(N)=O)C(N)=O)c2)C1. The Morgan fingerprint density at radius 3 is 2.64 bits per heavy atom. The first-order valence-corrected chi connectivity index (χ1v) is 13.6. The predicted octanol–water partition coefficient (Wildman–Crippen LogP) is 2.23. The van der Waals surface area contributed by atoms with Crippen LogP contribution in [0.2, 0.25) is 10.0 Å². The van der Waals surface area contributed by atoms with E-state index in [2.05, 4.69) is 9.62 Å². The van der Waals surface area contributed by atoms with E-state index in [1.165, 1.54) is 6.07 Å². The van der Waals surface area contributed by atoms with Crippen molar-refractivity contribution in [3.8, 4) is 0 Å². The van der Waals surface area contributed by atoms with Crippen LogP contribution in [-0.4, -0.2) is 58.5 Å². The third-order valence-corrected chi connectivity index (χ3v) is 8.08. The number of carbonyl (C=O) groups excluding carboxylic acids is 2. The number of fused-ring (bicyclic) bond motifs is 1. The number of nitrogens with two attached hydrogens (primary N) is 2. The monoisotopic (exact) mass is 556 g/mol. The molecule has 1 heterocycles. The topological polar surface area (TPSA) is 145 Å². The zero-order chi connectivity index (χ0) is 26.5. The summed E-state index contributed by atoms with van der Waals surface area (Å²) < 4.78 is 33.7. The van der Waals surface area contributed by atoms with Gasteiger partial charge in [0.2, 0.25) is 21.8 Å².